The molecular weight excluding hydrogens is 332 g/mol. The number of nitrogens with zero attached hydrogens (tertiary/aromatic N) is 1. The molecule has 0 saturated carbocycles. The van der Waals surface area contributed by atoms with Gasteiger partial charge in [0.25, 0.3) is 0 Å². The molecule has 128 valence electrons. The highest BCUT2D eigenvalue weighted by atomic mass is 16.3. The van der Waals surface area contributed by atoms with Gasteiger partial charge in [0.05, 0.1) is 17.7 Å². The molecule has 0 radical (unpaired) electrons. The van der Waals surface area contributed by atoms with Crippen LogP contribution in [0.15, 0.2) is 95.1 Å². The Morgan fingerprint density at radius 1 is 0.852 bits per heavy atom. The fraction of sp³-hybridized carbons (Fsp3) is 0.0417. The Morgan fingerprint density at radius 3 is 2.63 bits per heavy atom. The van der Waals surface area contributed by atoms with Crippen molar-refractivity contribution in [1.82, 2.24) is 5.32 Å². The van der Waals surface area contributed by atoms with E-state index < -0.39 is 0 Å². The Hall–Kier alpha value is -3.77. The highest BCUT2D eigenvalue weighted by Gasteiger charge is 2.13. The number of rotatable bonds is 2. The van der Waals surface area contributed by atoms with Crippen LogP contribution in [0.2, 0.25) is 0 Å². The lowest BCUT2D eigenvalue weighted by Gasteiger charge is -2.18. The summed E-state index contributed by atoms with van der Waals surface area (Å²) in [7, 11) is 0. The number of nitrogens with one attached hydrogen (secondary N) is 1. The summed E-state index contributed by atoms with van der Waals surface area (Å²) in [5.41, 5.74) is 5.90. The van der Waals surface area contributed by atoms with Crippen molar-refractivity contribution in [2.75, 3.05) is 0 Å². The van der Waals surface area contributed by atoms with Crippen LogP contribution in [0.3, 0.4) is 0 Å². The highest BCUT2D eigenvalue weighted by molar-refractivity contribution is 6.06. The van der Waals surface area contributed by atoms with Gasteiger partial charge in [-0.3, -0.25) is 0 Å². The van der Waals surface area contributed by atoms with E-state index in [4.69, 9.17) is 9.68 Å². The molecule has 1 atom stereocenters. The first-order valence-corrected chi connectivity index (χ1v) is 8.88. The standard InChI is InChI=1S/C24H16N2O/c25-15-16-10-11-26-22(12-16)19-5-3-4-17(13-19)18-8-9-24-21(14-18)20-6-1-2-7-23(20)27-24/h1-14,22,26H. The summed E-state index contributed by atoms with van der Waals surface area (Å²) in [6, 6.07) is 25.1. The molecule has 0 amide bonds. The lowest BCUT2D eigenvalue weighted by atomic mass is 9.96. The lowest BCUT2D eigenvalue weighted by molar-refractivity contribution is 0.669. The number of hydrogen-bond donors (Lipinski definition) is 1. The van der Waals surface area contributed by atoms with Crippen LogP contribution in [0.4, 0.5) is 0 Å². The third-order valence-corrected chi connectivity index (χ3v) is 4.97. The fourth-order valence-corrected chi connectivity index (χ4v) is 3.61. The molecule has 2 heterocycles. The lowest BCUT2D eigenvalue weighted by Crippen LogP contribution is -2.16. The van der Waals surface area contributed by atoms with Crippen molar-refractivity contribution in [2.45, 2.75) is 6.04 Å². The molecule has 5 rings (SSSR count). The number of para-hydroxylation sites is 1. The summed E-state index contributed by atoms with van der Waals surface area (Å²) in [5.74, 6) is 0. The predicted octanol–water partition coefficient (Wildman–Crippen LogP) is 5.86. The highest BCUT2D eigenvalue weighted by Crippen LogP contribution is 2.33. The van der Waals surface area contributed by atoms with Crippen LogP contribution in [0.1, 0.15) is 11.6 Å². The molecule has 0 spiro atoms. The number of hydrogen-bond acceptors (Lipinski definition) is 3. The number of dihydropyridines is 1. The zero-order chi connectivity index (χ0) is 18.2. The number of fused-ring (bicyclic) bond motifs is 3. The Bertz CT molecular complexity index is 1270. The van der Waals surface area contributed by atoms with Crippen LogP contribution in [-0.4, -0.2) is 0 Å². The normalized spacial score (nSPS) is 16.1. The second-order valence-corrected chi connectivity index (χ2v) is 6.65. The molecule has 4 aromatic rings. The molecule has 0 bridgehead atoms. The number of allylic oxidation sites excluding steroid dienone is 2. The van der Waals surface area contributed by atoms with Gasteiger partial charge in [-0.15, -0.1) is 0 Å². The zero-order valence-electron chi connectivity index (χ0n) is 14.5. The van der Waals surface area contributed by atoms with Crippen LogP contribution in [0.5, 0.6) is 0 Å². The number of nitriles is 1. The van der Waals surface area contributed by atoms with Crippen molar-refractivity contribution < 1.29 is 4.42 Å². The van der Waals surface area contributed by atoms with Gasteiger partial charge in [-0.2, -0.15) is 5.26 Å². The van der Waals surface area contributed by atoms with Gasteiger partial charge in [0.1, 0.15) is 11.2 Å². The van der Waals surface area contributed by atoms with E-state index >= 15 is 0 Å². The van der Waals surface area contributed by atoms with Gasteiger partial charge in [0.15, 0.2) is 0 Å². The third kappa shape index (κ3) is 2.68. The maximum atomic E-state index is 9.15. The Morgan fingerprint density at radius 2 is 1.70 bits per heavy atom. The maximum absolute atomic E-state index is 9.15. The summed E-state index contributed by atoms with van der Waals surface area (Å²) < 4.78 is 5.93. The minimum absolute atomic E-state index is 0.00286. The average Bonchev–Trinajstić information content (AvgIpc) is 3.12. The van der Waals surface area contributed by atoms with Crippen LogP contribution in [-0.2, 0) is 0 Å². The van der Waals surface area contributed by atoms with Gasteiger partial charge in [-0.1, -0.05) is 42.5 Å². The first-order valence-electron chi connectivity index (χ1n) is 8.88. The van der Waals surface area contributed by atoms with Crippen molar-refractivity contribution in [2.24, 2.45) is 0 Å². The molecule has 0 saturated heterocycles. The van der Waals surface area contributed by atoms with Crippen molar-refractivity contribution >= 4 is 21.9 Å². The average molecular weight is 348 g/mol. The van der Waals surface area contributed by atoms with Gasteiger partial charge in [0, 0.05) is 10.8 Å². The smallest absolute Gasteiger partial charge is 0.135 e. The van der Waals surface area contributed by atoms with Gasteiger partial charge in [-0.05, 0) is 59.3 Å². The minimum atomic E-state index is 0.00286. The quantitative estimate of drug-likeness (QED) is 0.493. The van der Waals surface area contributed by atoms with E-state index in [0.717, 1.165) is 38.6 Å². The summed E-state index contributed by atoms with van der Waals surface area (Å²) >= 11 is 0. The minimum Gasteiger partial charge on any atom is -0.456 e. The van der Waals surface area contributed by atoms with Crippen molar-refractivity contribution in [1.29, 1.82) is 5.26 Å². The van der Waals surface area contributed by atoms with Gasteiger partial charge in [-0.25, -0.2) is 0 Å². The van der Waals surface area contributed by atoms with Crippen LogP contribution < -0.4 is 5.32 Å². The van der Waals surface area contributed by atoms with Crippen LogP contribution in [0.25, 0.3) is 33.1 Å². The van der Waals surface area contributed by atoms with E-state index in [0.29, 0.717) is 5.57 Å². The second-order valence-electron chi connectivity index (χ2n) is 6.65. The molecule has 3 heteroatoms. The summed E-state index contributed by atoms with van der Waals surface area (Å²) in [5, 5.41) is 14.7. The summed E-state index contributed by atoms with van der Waals surface area (Å²) in [6.45, 7) is 0. The number of furan rings is 1. The van der Waals surface area contributed by atoms with E-state index in [2.05, 4.69) is 53.9 Å². The van der Waals surface area contributed by atoms with Gasteiger partial charge in [0.2, 0.25) is 0 Å². The maximum Gasteiger partial charge on any atom is 0.135 e. The molecule has 3 aromatic carbocycles. The first-order chi connectivity index (χ1) is 13.3. The SMILES string of the molecule is N#CC1=CC(c2cccc(-c3ccc4oc5ccccc5c4c3)c2)NC=C1. The third-order valence-electron chi connectivity index (χ3n) is 4.97. The van der Waals surface area contributed by atoms with E-state index in [9.17, 15) is 0 Å². The van der Waals surface area contributed by atoms with Crippen molar-refractivity contribution in [3.05, 3.63) is 96.2 Å². The molecule has 3 nitrogen and oxygen atoms in total. The van der Waals surface area contributed by atoms with Crippen LogP contribution >= 0.6 is 0 Å². The summed E-state index contributed by atoms with van der Waals surface area (Å²) in [6.07, 6.45) is 5.57. The van der Waals surface area contributed by atoms with Crippen molar-refractivity contribution in [3.63, 3.8) is 0 Å². The zero-order valence-corrected chi connectivity index (χ0v) is 14.5. The van der Waals surface area contributed by atoms with Gasteiger partial charge < -0.3 is 9.73 Å². The van der Waals surface area contributed by atoms with Gasteiger partial charge >= 0.3 is 0 Å². The molecule has 1 unspecified atom stereocenters. The Kier molecular flexibility index (Phi) is 3.55. The predicted molar refractivity (Wildman–Crippen MR) is 108 cm³/mol. The molecule has 1 N–H and O–H groups in total. The molecule has 0 fully saturated rings. The first kappa shape index (κ1) is 15.5. The van der Waals surface area contributed by atoms with E-state index in [-0.39, 0.29) is 6.04 Å². The summed E-state index contributed by atoms with van der Waals surface area (Å²) in [4.78, 5) is 0. The Labute approximate surface area is 156 Å². The number of benzene rings is 3. The molecule has 27 heavy (non-hydrogen) atoms. The molecule has 1 aliphatic rings. The van der Waals surface area contributed by atoms with E-state index in [1.54, 1.807) is 6.08 Å². The van der Waals surface area contributed by atoms with Crippen LogP contribution in [0, 0.1) is 11.3 Å². The molecule has 1 aromatic heterocycles. The molecule has 1 aliphatic heterocycles. The largest absolute Gasteiger partial charge is 0.456 e. The second kappa shape index (κ2) is 6.19. The molecular formula is C24H16N2O. The van der Waals surface area contributed by atoms with E-state index in [1.165, 1.54) is 0 Å². The Balaban J connectivity index is 1.59. The fourth-order valence-electron chi connectivity index (χ4n) is 3.61. The molecule has 0 aliphatic carbocycles. The van der Waals surface area contributed by atoms with Crippen molar-refractivity contribution in [3.8, 4) is 17.2 Å². The van der Waals surface area contributed by atoms with E-state index in [1.807, 2.05) is 36.5 Å². The topological polar surface area (TPSA) is 49.0 Å². The monoisotopic (exact) mass is 348 g/mol.